The summed E-state index contributed by atoms with van der Waals surface area (Å²) in [5.41, 5.74) is 2.34. The SMILES string of the molecule is COc1cc(OC)c(CNC2CCN(c3ccccc3)CC2)c(OC)c1. The first-order valence-corrected chi connectivity index (χ1v) is 9.07. The number of hydrogen-bond acceptors (Lipinski definition) is 5. The fourth-order valence-corrected chi connectivity index (χ4v) is 3.48. The van der Waals surface area contributed by atoms with Gasteiger partial charge in [-0.2, -0.15) is 0 Å². The number of hydrogen-bond donors (Lipinski definition) is 1. The van der Waals surface area contributed by atoms with Crippen molar-refractivity contribution in [2.24, 2.45) is 0 Å². The highest BCUT2D eigenvalue weighted by Crippen LogP contribution is 2.34. The van der Waals surface area contributed by atoms with Gasteiger partial charge in [0, 0.05) is 43.5 Å². The van der Waals surface area contributed by atoms with E-state index in [1.165, 1.54) is 5.69 Å². The van der Waals surface area contributed by atoms with Crippen molar-refractivity contribution in [1.82, 2.24) is 5.32 Å². The lowest BCUT2D eigenvalue weighted by Crippen LogP contribution is -2.42. The van der Waals surface area contributed by atoms with Crippen LogP contribution in [-0.4, -0.2) is 40.5 Å². The number of rotatable bonds is 7. The van der Waals surface area contributed by atoms with E-state index in [1.807, 2.05) is 12.1 Å². The molecule has 0 amide bonds. The van der Waals surface area contributed by atoms with E-state index in [4.69, 9.17) is 14.2 Å². The molecule has 3 rings (SSSR count). The van der Waals surface area contributed by atoms with Crippen LogP contribution >= 0.6 is 0 Å². The molecule has 5 nitrogen and oxygen atoms in total. The first kappa shape index (κ1) is 18.4. The summed E-state index contributed by atoms with van der Waals surface area (Å²) in [6.07, 6.45) is 2.24. The normalized spacial score (nSPS) is 15.0. The third-order valence-corrected chi connectivity index (χ3v) is 5.00. The van der Waals surface area contributed by atoms with Crippen LogP contribution < -0.4 is 24.4 Å². The Morgan fingerprint density at radius 1 is 0.923 bits per heavy atom. The second-order valence-corrected chi connectivity index (χ2v) is 6.49. The zero-order valence-corrected chi connectivity index (χ0v) is 15.8. The maximum absolute atomic E-state index is 5.54. The molecule has 0 radical (unpaired) electrons. The van der Waals surface area contributed by atoms with Gasteiger partial charge in [-0.25, -0.2) is 0 Å². The van der Waals surface area contributed by atoms with Crippen LogP contribution in [0.1, 0.15) is 18.4 Å². The number of piperidine rings is 1. The molecule has 5 heteroatoms. The summed E-state index contributed by atoms with van der Waals surface area (Å²) in [7, 11) is 5.00. The van der Waals surface area contributed by atoms with Crippen LogP contribution in [0, 0.1) is 0 Å². The van der Waals surface area contributed by atoms with Crippen LogP contribution in [0.15, 0.2) is 42.5 Å². The second kappa shape index (κ2) is 8.81. The topological polar surface area (TPSA) is 43.0 Å². The third-order valence-electron chi connectivity index (χ3n) is 5.00. The minimum absolute atomic E-state index is 0.492. The molecule has 0 saturated carbocycles. The molecule has 0 aliphatic carbocycles. The summed E-state index contributed by atoms with van der Waals surface area (Å²) in [4.78, 5) is 2.45. The average Bonchev–Trinajstić information content (AvgIpc) is 2.72. The highest BCUT2D eigenvalue weighted by atomic mass is 16.5. The van der Waals surface area contributed by atoms with E-state index in [0.717, 1.165) is 48.7 Å². The van der Waals surface area contributed by atoms with Crippen LogP contribution in [0.4, 0.5) is 5.69 Å². The van der Waals surface area contributed by atoms with E-state index in [-0.39, 0.29) is 0 Å². The third kappa shape index (κ3) is 4.22. The summed E-state index contributed by atoms with van der Waals surface area (Å²) >= 11 is 0. The van der Waals surface area contributed by atoms with Gasteiger partial charge < -0.3 is 24.4 Å². The quantitative estimate of drug-likeness (QED) is 0.823. The highest BCUT2D eigenvalue weighted by molar-refractivity contribution is 5.51. The van der Waals surface area contributed by atoms with Crippen molar-refractivity contribution in [2.75, 3.05) is 39.3 Å². The van der Waals surface area contributed by atoms with Crippen molar-refractivity contribution >= 4 is 5.69 Å². The summed E-state index contributed by atoms with van der Waals surface area (Å²) in [6, 6.07) is 14.9. The zero-order valence-electron chi connectivity index (χ0n) is 15.8. The number of nitrogens with zero attached hydrogens (tertiary/aromatic N) is 1. The van der Waals surface area contributed by atoms with Crippen LogP contribution in [0.5, 0.6) is 17.2 Å². The Kier molecular flexibility index (Phi) is 6.23. The fourth-order valence-electron chi connectivity index (χ4n) is 3.48. The van der Waals surface area contributed by atoms with Gasteiger partial charge in [0.2, 0.25) is 0 Å². The van der Waals surface area contributed by atoms with Gasteiger partial charge in [0.1, 0.15) is 17.2 Å². The largest absolute Gasteiger partial charge is 0.496 e. The fraction of sp³-hybridized carbons (Fsp3) is 0.429. The lowest BCUT2D eigenvalue weighted by atomic mass is 10.0. The number of ether oxygens (including phenoxy) is 3. The molecule has 1 saturated heterocycles. The van der Waals surface area contributed by atoms with Crippen LogP contribution in [0.2, 0.25) is 0 Å². The Hall–Kier alpha value is -2.40. The Labute approximate surface area is 155 Å². The number of para-hydroxylation sites is 1. The number of nitrogens with one attached hydrogen (secondary N) is 1. The van der Waals surface area contributed by atoms with Crippen molar-refractivity contribution in [3.05, 3.63) is 48.0 Å². The average molecular weight is 356 g/mol. The van der Waals surface area contributed by atoms with Gasteiger partial charge in [-0.15, -0.1) is 0 Å². The maximum Gasteiger partial charge on any atom is 0.130 e. The molecule has 1 heterocycles. The molecule has 2 aromatic carbocycles. The molecule has 0 unspecified atom stereocenters. The molecule has 0 bridgehead atoms. The van der Waals surface area contributed by atoms with Crippen molar-refractivity contribution in [3.8, 4) is 17.2 Å². The molecule has 2 aromatic rings. The van der Waals surface area contributed by atoms with E-state index < -0.39 is 0 Å². The molecule has 1 N–H and O–H groups in total. The number of anilines is 1. The molecule has 1 aliphatic rings. The van der Waals surface area contributed by atoms with Crippen molar-refractivity contribution < 1.29 is 14.2 Å². The summed E-state index contributed by atoms with van der Waals surface area (Å²) in [6.45, 7) is 2.85. The van der Waals surface area contributed by atoms with E-state index in [0.29, 0.717) is 12.6 Å². The highest BCUT2D eigenvalue weighted by Gasteiger charge is 2.20. The van der Waals surface area contributed by atoms with Gasteiger partial charge in [0.15, 0.2) is 0 Å². The van der Waals surface area contributed by atoms with E-state index >= 15 is 0 Å². The summed E-state index contributed by atoms with van der Waals surface area (Å²) in [5, 5.41) is 3.67. The molecule has 1 aliphatic heterocycles. The van der Waals surface area contributed by atoms with E-state index in [9.17, 15) is 0 Å². The molecule has 26 heavy (non-hydrogen) atoms. The Bertz CT molecular complexity index is 673. The molecule has 0 spiro atoms. The summed E-state index contributed by atoms with van der Waals surface area (Å²) < 4.78 is 16.4. The van der Waals surface area contributed by atoms with Gasteiger partial charge >= 0.3 is 0 Å². The molecule has 0 atom stereocenters. The molecular weight excluding hydrogens is 328 g/mol. The standard InChI is InChI=1S/C21H28N2O3/c1-24-18-13-20(25-2)19(21(14-18)26-3)15-22-16-9-11-23(12-10-16)17-7-5-4-6-8-17/h4-8,13-14,16,22H,9-12,15H2,1-3H3. The number of benzene rings is 2. The molecule has 140 valence electrons. The van der Waals surface area contributed by atoms with E-state index in [2.05, 4.69) is 40.5 Å². The monoisotopic (exact) mass is 356 g/mol. The zero-order chi connectivity index (χ0) is 18.4. The Morgan fingerprint density at radius 3 is 2.08 bits per heavy atom. The molecule has 1 fully saturated rings. The Morgan fingerprint density at radius 2 is 1.54 bits per heavy atom. The van der Waals surface area contributed by atoms with Gasteiger partial charge in [0.25, 0.3) is 0 Å². The lowest BCUT2D eigenvalue weighted by Gasteiger charge is -2.34. The smallest absolute Gasteiger partial charge is 0.130 e. The van der Waals surface area contributed by atoms with Gasteiger partial charge in [0.05, 0.1) is 26.9 Å². The van der Waals surface area contributed by atoms with Gasteiger partial charge in [-0.1, -0.05) is 18.2 Å². The lowest BCUT2D eigenvalue weighted by molar-refractivity contribution is 0.358. The molecular formula is C21H28N2O3. The van der Waals surface area contributed by atoms with Gasteiger partial charge in [-0.3, -0.25) is 0 Å². The first-order chi connectivity index (χ1) is 12.7. The Balaban J connectivity index is 1.60. The number of methoxy groups -OCH3 is 3. The predicted octanol–water partition coefficient (Wildman–Crippen LogP) is 3.47. The van der Waals surface area contributed by atoms with Crippen LogP contribution in [0.25, 0.3) is 0 Å². The van der Waals surface area contributed by atoms with Crippen molar-refractivity contribution in [3.63, 3.8) is 0 Å². The predicted molar refractivity (Wildman–Crippen MR) is 105 cm³/mol. The maximum atomic E-state index is 5.54. The van der Waals surface area contributed by atoms with Crippen molar-refractivity contribution in [2.45, 2.75) is 25.4 Å². The van der Waals surface area contributed by atoms with E-state index in [1.54, 1.807) is 21.3 Å². The minimum Gasteiger partial charge on any atom is -0.496 e. The van der Waals surface area contributed by atoms with Crippen LogP contribution in [0.3, 0.4) is 0 Å². The first-order valence-electron chi connectivity index (χ1n) is 9.07. The van der Waals surface area contributed by atoms with Gasteiger partial charge in [-0.05, 0) is 25.0 Å². The molecule has 0 aromatic heterocycles. The summed E-state index contributed by atoms with van der Waals surface area (Å²) in [5.74, 6) is 2.31. The van der Waals surface area contributed by atoms with Crippen molar-refractivity contribution in [1.29, 1.82) is 0 Å². The second-order valence-electron chi connectivity index (χ2n) is 6.49. The van der Waals surface area contributed by atoms with Crippen LogP contribution in [-0.2, 0) is 6.54 Å². The minimum atomic E-state index is 0.492.